The van der Waals surface area contributed by atoms with Gasteiger partial charge >= 0.3 is 18.1 Å². The second-order valence-electron chi connectivity index (χ2n) is 4.94. The van der Waals surface area contributed by atoms with Gasteiger partial charge in [0.05, 0.1) is 0 Å². The monoisotopic (exact) mass is 347 g/mol. The Bertz CT molecular complexity index is 574. The molecule has 0 aliphatic rings. The highest BCUT2D eigenvalue weighted by Gasteiger charge is 2.33. The molecule has 0 aliphatic carbocycles. The second kappa shape index (κ2) is 8.90. The number of alkyl halides is 3. The minimum absolute atomic E-state index is 0.00214. The molecule has 132 valence electrons. The van der Waals surface area contributed by atoms with Crippen LogP contribution in [-0.4, -0.2) is 35.2 Å². The molecule has 0 saturated heterocycles. The van der Waals surface area contributed by atoms with E-state index in [9.17, 15) is 27.6 Å². The zero-order chi connectivity index (χ0) is 18.2. The van der Waals surface area contributed by atoms with Gasteiger partial charge in [-0.05, 0) is 12.0 Å². The van der Waals surface area contributed by atoms with E-state index in [-0.39, 0.29) is 19.4 Å². The summed E-state index contributed by atoms with van der Waals surface area (Å²) in [7, 11) is 0. The number of aliphatic carboxylic acids is 1. The van der Waals surface area contributed by atoms with Crippen LogP contribution in [0, 0.1) is 0 Å². The third-order valence-electron chi connectivity index (χ3n) is 2.87. The summed E-state index contributed by atoms with van der Waals surface area (Å²) < 4.78 is 41.1. The topological polar surface area (TPSA) is 92.7 Å². The zero-order valence-corrected chi connectivity index (χ0v) is 12.5. The lowest BCUT2D eigenvalue weighted by Crippen LogP contribution is -2.42. The van der Waals surface area contributed by atoms with E-state index in [1.807, 2.05) is 0 Å². The third kappa shape index (κ3) is 8.16. The number of rotatable bonds is 8. The number of carbonyl (C=O) groups is 3. The predicted octanol–water partition coefficient (Wildman–Crippen LogP) is 2.03. The standard InChI is InChI=1S/C15H16F3NO5/c16-15(17,18)8-12(20)19-11(14(22)23)6-7-13(21)24-9-10-4-2-1-3-5-10/h1-5,11H,6-9H2,(H,19,20)(H,22,23)/t11-/m0/s1. The highest BCUT2D eigenvalue weighted by Crippen LogP contribution is 2.19. The van der Waals surface area contributed by atoms with Crippen LogP contribution in [-0.2, 0) is 25.7 Å². The second-order valence-corrected chi connectivity index (χ2v) is 4.94. The van der Waals surface area contributed by atoms with Gasteiger partial charge in [0.15, 0.2) is 0 Å². The summed E-state index contributed by atoms with van der Waals surface area (Å²) in [6.45, 7) is -0.00214. The molecule has 0 saturated carbocycles. The molecule has 1 amide bonds. The van der Waals surface area contributed by atoms with Crippen LogP contribution < -0.4 is 5.32 Å². The number of nitrogens with one attached hydrogen (secondary N) is 1. The third-order valence-corrected chi connectivity index (χ3v) is 2.87. The summed E-state index contributed by atoms with van der Waals surface area (Å²) in [6, 6.07) is 7.14. The summed E-state index contributed by atoms with van der Waals surface area (Å²) in [5.74, 6) is -3.70. The van der Waals surface area contributed by atoms with Gasteiger partial charge in [0, 0.05) is 6.42 Å². The molecule has 0 aliphatic heterocycles. The maximum absolute atomic E-state index is 12.1. The van der Waals surface area contributed by atoms with Crippen molar-refractivity contribution >= 4 is 17.8 Å². The number of hydrogen-bond acceptors (Lipinski definition) is 4. The largest absolute Gasteiger partial charge is 0.480 e. The first-order chi connectivity index (χ1) is 11.2. The van der Waals surface area contributed by atoms with Crippen molar-refractivity contribution in [3.8, 4) is 0 Å². The Morgan fingerprint density at radius 1 is 1.17 bits per heavy atom. The van der Waals surface area contributed by atoms with E-state index < -0.39 is 36.5 Å². The average Bonchev–Trinajstić information content (AvgIpc) is 2.48. The molecular weight excluding hydrogens is 331 g/mol. The Balaban J connectivity index is 2.41. The quantitative estimate of drug-likeness (QED) is 0.702. The Labute approximate surface area is 135 Å². The first kappa shape index (κ1) is 19.5. The number of ether oxygens (including phenoxy) is 1. The molecule has 1 aromatic carbocycles. The van der Waals surface area contributed by atoms with Crippen molar-refractivity contribution in [2.45, 2.75) is 38.1 Å². The van der Waals surface area contributed by atoms with Crippen molar-refractivity contribution in [3.05, 3.63) is 35.9 Å². The molecule has 9 heteroatoms. The fourth-order valence-electron chi connectivity index (χ4n) is 1.76. The lowest BCUT2D eigenvalue weighted by atomic mass is 10.1. The lowest BCUT2D eigenvalue weighted by Gasteiger charge is -2.15. The molecule has 0 heterocycles. The van der Waals surface area contributed by atoms with Crippen LogP contribution in [0.4, 0.5) is 13.2 Å². The van der Waals surface area contributed by atoms with Crippen LogP contribution in [0.5, 0.6) is 0 Å². The van der Waals surface area contributed by atoms with E-state index in [4.69, 9.17) is 9.84 Å². The van der Waals surface area contributed by atoms with Crippen LogP contribution in [0.3, 0.4) is 0 Å². The highest BCUT2D eigenvalue weighted by molar-refractivity contribution is 5.84. The maximum atomic E-state index is 12.1. The van der Waals surface area contributed by atoms with Gasteiger partial charge in [0.2, 0.25) is 5.91 Å². The normalized spacial score (nSPS) is 12.3. The minimum atomic E-state index is -4.73. The highest BCUT2D eigenvalue weighted by atomic mass is 19.4. The van der Waals surface area contributed by atoms with Gasteiger partial charge in [-0.15, -0.1) is 0 Å². The molecule has 0 unspecified atom stereocenters. The number of carboxylic acid groups (broad SMARTS) is 1. The summed E-state index contributed by atoms with van der Waals surface area (Å²) in [5, 5.41) is 10.6. The summed E-state index contributed by atoms with van der Waals surface area (Å²) >= 11 is 0. The molecule has 2 N–H and O–H groups in total. The van der Waals surface area contributed by atoms with E-state index in [0.717, 1.165) is 5.56 Å². The molecule has 6 nitrogen and oxygen atoms in total. The van der Waals surface area contributed by atoms with Crippen LogP contribution in [0.2, 0.25) is 0 Å². The van der Waals surface area contributed by atoms with Crippen LogP contribution in [0.15, 0.2) is 30.3 Å². The van der Waals surface area contributed by atoms with Crippen molar-refractivity contribution in [2.75, 3.05) is 0 Å². The molecule has 0 spiro atoms. The Morgan fingerprint density at radius 2 is 1.79 bits per heavy atom. The molecular formula is C15H16F3NO5. The van der Waals surface area contributed by atoms with E-state index >= 15 is 0 Å². The SMILES string of the molecule is O=C(CC(F)(F)F)N[C@@H](CCC(=O)OCc1ccccc1)C(=O)O. The Hall–Kier alpha value is -2.58. The van der Waals surface area contributed by atoms with Gasteiger partial charge in [-0.2, -0.15) is 13.2 Å². The molecule has 0 fully saturated rings. The molecule has 0 aromatic heterocycles. The molecule has 1 atom stereocenters. The van der Waals surface area contributed by atoms with Gasteiger partial charge in [-0.3, -0.25) is 9.59 Å². The van der Waals surface area contributed by atoms with Crippen LogP contribution in [0.1, 0.15) is 24.8 Å². The van der Waals surface area contributed by atoms with Gasteiger partial charge in [0.25, 0.3) is 0 Å². The summed E-state index contributed by atoms with van der Waals surface area (Å²) in [6.07, 6.45) is -7.24. The molecule has 1 rings (SSSR count). The average molecular weight is 347 g/mol. The van der Waals surface area contributed by atoms with Crippen molar-refractivity contribution in [1.82, 2.24) is 5.32 Å². The van der Waals surface area contributed by atoms with Crippen LogP contribution >= 0.6 is 0 Å². The molecule has 24 heavy (non-hydrogen) atoms. The molecule has 0 radical (unpaired) electrons. The number of amides is 1. The summed E-state index contributed by atoms with van der Waals surface area (Å²) in [4.78, 5) is 33.6. The predicted molar refractivity (Wildman–Crippen MR) is 75.7 cm³/mol. The Morgan fingerprint density at radius 3 is 2.33 bits per heavy atom. The molecule has 0 bridgehead atoms. The van der Waals surface area contributed by atoms with Crippen molar-refractivity contribution in [2.24, 2.45) is 0 Å². The zero-order valence-electron chi connectivity index (χ0n) is 12.5. The molecule has 1 aromatic rings. The number of carbonyl (C=O) groups excluding carboxylic acids is 2. The minimum Gasteiger partial charge on any atom is -0.480 e. The maximum Gasteiger partial charge on any atom is 0.397 e. The number of hydrogen-bond donors (Lipinski definition) is 2. The number of esters is 1. The number of carboxylic acids is 1. The van der Waals surface area contributed by atoms with Gasteiger partial charge in [0.1, 0.15) is 19.1 Å². The first-order valence-corrected chi connectivity index (χ1v) is 6.96. The van der Waals surface area contributed by atoms with Gasteiger partial charge < -0.3 is 15.2 Å². The van der Waals surface area contributed by atoms with Gasteiger partial charge in [-0.25, -0.2) is 4.79 Å². The first-order valence-electron chi connectivity index (χ1n) is 6.96. The fourth-order valence-corrected chi connectivity index (χ4v) is 1.76. The van der Waals surface area contributed by atoms with E-state index in [0.29, 0.717) is 0 Å². The fraction of sp³-hybridized carbons (Fsp3) is 0.400. The lowest BCUT2D eigenvalue weighted by molar-refractivity contribution is -0.157. The van der Waals surface area contributed by atoms with Crippen molar-refractivity contribution in [1.29, 1.82) is 0 Å². The Kier molecular flexibility index (Phi) is 7.22. The smallest absolute Gasteiger partial charge is 0.397 e. The van der Waals surface area contributed by atoms with E-state index in [1.54, 1.807) is 35.6 Å². The van der Waals surface area contributed by atoms with E-state index in [2.05, 4.69) is 0 Å². The van der Waals surface area contributed by atoms with Crippen molar-refractivity contribution in [3.63, 3.8) is 0 Å². The summed E-state index contributed by atoms with van der Waals surface area (Å²) in [5.41, 5.74) is 0.735. The number of benzene rings is 1. The van der Waals surface area contributed by atoms with E-state index in [1.165, 1.54) is 0 Å². The van der Waals surface area contributed by atoms with Crippen molar-refractivity contribution < 1.29 is 37.4 Å². The number of halogens is 3. The van der Waals surface area contributed by atoms with Crippen LogP contribution in [0.25, 0.3) is 0 Å². The van der Waals surface area contributed by atoms with Gasteiger partial charge in [-0.1, -0.05) is 30.3 Å².